The predicted molar refractivity (Wildman–Crippen MR) is 95.1 cm³/mol. The fourth-order valence-electron chi connectivity index (χ4n) is 5.69. The lowest BCUT2D eigenvalue weighted by Gasteiger charge is -2.39. The van der Waals surface area contributed by atoms with Crippen LogP contribution < -0.4 is 0 Å². The molecule has 0 radical (unpaired) electrons. The standard InChI is InChI=1S/C20H29NO6/c1-23-11-26-14-4-6-20-10-16(19(22)25-3)15(5-7-21)18(20)17(27-12-24-2)9-13(20)8-14/h4,6,13-18H,5,8-12H2,1-3H3/t13-,14-,15-,16+,17-,18-,20+/m0/s1. The normalized spacial score (nSPS) is 39.6. The van der Waals surface area contributed by atoms with Crippen LogP contribution in [0, 0.1) is 40.4 Å². The molecule has 3 aliphatic carbocycles. The average molecular weight is 379 g/mol. The molecule has 7 nitrogen and oxygen atoms in total. The van der Waals surface area contributed by atoms with Crippen molar-refractivity contribution >= 4 is 5.97 Å². The Labute approximate surface area is 160 Å². The maximum Gasteiger partial charge on any atom is 0.309 e. The molecule has 0 saturated heterocycles. The number of nitrogens with zero attached hydrogens (tertiary/aromatic N) is 1. The van der Waals surface area contributed by atoms with Crippen LogP contribution in [0.5, 0.6) is 0 Å². The fourth-order valence-corrected chi connectivity index (χ4v) is 5.69. The number of nitriles is 1. The first-order valence-electron chi connectivity index (χ1n) is 9.46. The van der Waals surface area contributed by atoms with Crippen LogP contribution in [0.2, 0.25) is 0 Å². The zero-order valence-electron chi connectivity index (χ0n) is 16.3. The van der Waals surface area contributed by atoms with Gasteiger partial charge in [-0.3, -0.25) is 4.79 Å². The average Bonchev–Trinajstić information content (AvgIpc) is 3.16. The topological polar surface area (TPSA) is 87.0 Å². The predicted octanol–water partition coefficient (Wildman–Crippen LogP) is 2.27. The Bertz CT molecular complexity index is 602. The molecule has 3 aliphatic rings. The molecule has 7 atom stereocenters. The Morgan fingerprint density at radius 3 is 2.59 bits per heavy atom. The summed E-state index contributed by atoms with van der Waals surface area (Å²) in [7, 11) is 4.63. The molecular formula is C20H29NO6. The second-order valence-electron chi connectivity index (χ2n) is 7.75. The van der Waals surface area contributed by atoms with E-state index in [1.54, 1.807) is 14.2 Å². The van der Waals surface area contributed by atoms with Gasteiger partial charge in [0, 0.05) is 20.6 Å². The van der Waals surface area contributed by atoms with E-state index in [-0.39, 0.29) is 54.9 Å². The number of hydrogen-bond acceptors (Lipinski definition) is 7. The Morgan fingerprint density at radius 1 is 1.19 bits per heavy atom. The molecule has 3 rings (SSSR count). The van der Waals surface area contributed by atoms with Gasteiger partial charge in [-0.25, -0.2) is 0 Å². The van der Waals surface area contributed by atoms with Gasteiger partial charge in [-0.2, -0.15) is 5.26 Å². The SMILES string of the molecule is COCO[C@H]1C[C@@H]2C[C@@H](OCOC)C=C[C@@]23C[C@@H](C(=O)OC)[C@H](CC#N)[C@@H]13. The lowest BCUT2D eigenvalue weighted by Crippen LogP contribution is -2.36. The van der Waals surface area contributed by atoms with Gasteiger partial charge in [0.25, 0.3) is 0 Å². The fraction of sp³-hybridized carbons (Fsp3) is 0.800. The Morgan fingerprint density at radius 2 is 1.93 bits per heavy atom. The molecule has 1 spiro atoms. The molecule has 0 unspecified atom stereocenters. The van der Waals surface area contributed by atoms with E-state index >= 15 is 0 Å². The first kappa shape index (κ1) is 20.3. The van der Waals surface area contributed by atoms with Crippen molar-refractivity contribution in [3.05, 3.63) is 12.2 Å². The van der Waals surface area contributed by atoms with Crippen molar-refractivity contribution in [3.63, 3.8) is 0 Å². The third kappa shape index (κ3) is 3.64. The molecular weight excluding hydrogens is 350 g/mol. The summed E-state index contributed by atoms with van der Waals surface area (Å²) in [6.07, 6.45) is 7.00. The molecule has 2 saturated carbocycles. The van der Waals surface area contributed by atoms with Gasteiger partial charge in [-0.05, 0) is 42.4 Å². The van der Waals surface area contributed by atoms with Crippen molar-refractivity contribution in [2.24, 2.45) is 29.1 Å². The summed E-state index contributed by atoms with van der Waals surface area (Å²) >= 11 is 0. The van der Waals surface area contributed by atoms with Crippen LogP contribution in [0.15, 0.2) is 12.2 Å². The minimum absolute atomic E-state index is 0.00556. The second kappa shape index (κ2) is 8.70. The number of methoxy groups -OCH3 is 3. The number of ether oxygens (including phenoxy) is 5. The zero-order valence-corrected chi connectivity index (χ0v) is 16.3. The molecule has 7 heteroatoms. The third-order valence-electron chi connectivity index (χ3n) is 6.62. The summed E-state index contributed by atoms with van der Waals surface area (Å²) in [4.78, 5) is 12.5. The van der Waals surface area contributed by atoms with Crippen LogP contribution in [0.1, 0.15) is 25.7 Å². The Balaban J connectivity index is 1.92. The van der Waals surface area contributed by atoms with Gasteiger partial charge < -0.3 is 23.7 Å². The van der Waals surface area contributed by atoms with E-state index in [2.05, 4.69) is 18.2 Å². The van der Waals surface area contributed by atoms with Crippen LogP contribution in [-0.2, 0) is 28.5 Å². The molecule has 0 aromatic rings. The molecule has 0 bridgehead atoms. The Kier molecular flexibility index (Phi) is 6.53. The van der Waals surface area contributed by atoms with Gasteiger partial charge in [-0.15, -0.1) is 0 Å². The van der Waals surface area contributed by atoms with E-state index in [4.69, 9.17) is 23.7 Å². The summed E-state index contributed by atoms with van der Waals surface area (Å²) in [5.41, 5.74) is -0.161. The van der Waals surface area contributed by atoms with Crippen LogP contribution in [0.25, 0.3) is 0 Å². The van der Waals surface area contributed by atoms with Crippen LogP contribution in [0.3, 0.4) is 0 Å². The monoisotopic (exact) mass is 379 g/mol. The highest BCUT2D eigenvalue weighted by Gasteiger charge is 2.65. The minimum Gasteiger partial charge on any atom is -0.469 e. The summed E-state index contributed by atoms with van der Waals surface area (Å²) < 4.78 is 27.0. The number of esters is 1. The van der Waals surface area contributed by atoms with E-state index in [1.165, 1.54) is 7.11 Å². The molecule has 0 aromatic heterocycles. The highest BCUT2D eigenvalue weighted by atomic mass is 16.7. The quantitative estimate of drug-likeness (QED) is 0.363. The highest BCUT2D eigenvalue weighted by molar-refractivity contribution is 5.73. The van der Waals surface area contributed by atoms with E-state index in [0.717, 1.165) is 12.8 Å². The lowest BCUT2D eigenvalue weighted by molar-refractivity contribution is -0.147. The molecule has 0 N–H and O–H groups in total. The van der Waals surface area contributed by atoms with E-state index < -0.39 is 0 Å². The van der Waals surface area contributed by atoms with Crippen molar-refractivity contribution in [1.82, 2.24) is 0 Å². The third-order valence-corrected chi connectivity index (χ3v) is 6.62. The largest absolute Gasteiger partial charge is 0.469 e. The van der Waals surface area contributed by atoms with Gasteiger partial charge in [0.05, 0.1) is 31.3 Å². The van der Waals surface area contributed by atoms with Crippen LogP contribution in [-0.4, -0.2) is 53.1 Å². The van der Waals surface area contributed by atoms with Crippen molar-refractivity contribution in [2.75, 3.05) is 34.9 Å². The van der Waals surface area contributed by atoms with Gasteiger partial charge in [0.15, 0.2) is 0 Å². The smallest absolute Gasteiger partial charge is 0.309 e. The van der Waals surface area contributed by atoms with Crippen molar-refractivity contribution < 1.29 is 28.5 Å². The summed E-state index contributed by atoms with van der Waals surface area (Å²) in [5, 5.41) is 9.39. The van der Waals surface area contributed by atoms with E-state index in [0.29, 0.717) is 18.8 Å². The zero-order chi connectivity index (χ0) is 19.4. The Hall–Kier alpha value is -1.46. The summed E-state index contributed by atoms with van der Waals surface area (Å²) in [5.74, 6) is -0.157. The van der Waals surface area contributed by atoms with Gasteiger partial charge >= 0.3 is 5.97 Å². The van der Waals surface area contributed by atoms with Crippen LogP contribution >= 0.6 is 0 Å². The molecule has 0 amide bonds. The minimum atomic E-state index is -0.280. The van der Waals surface area contributed by atoms with Crippen molar-refractivity contribution in [1.29, 1.82) is 5.26 Å². The van der Waals surface area contributed by atoms with Crippen LogP contribution in [0.4, 0.5) is 0 Å². The van der Waals surface area contributed by atoms with E-state index in [9.17, 15) is 10.1 Å². The summed E-state index contributed by atoms with van der Waals surface area (Å²) in [6.45, 7) is 0.461. The number of rotatable bonds is 8. The van der Waals surface area contributed by atoms with E-state index in [1.807, 2.05) is 0 Å². The van der Waals surface area contributed by atoms with Gasteiger partial charge in [0.1, 0.15) is 13.6 Å². The number of hydrogen-bond donors (Lipinski definition) is 0. The molecule has 150 valence electrons. The first-order chi connectivity index (χ1) is 13.1. The van der Waals surface area contributed by atoms with Gasteiger partial charge in [0.2, 0.25) is 0 Å². The molecule has 0 aromatic carbocycles. The number of allylic oxidation sites excluding steroid dienone is 1. The maximum atomic E-state index is 12.5. The highest BCUT2D eigenvalue weighted by Crippen LogP contribution is 2.66. The molecule has 2 fully saturated rings. The first-order valence-corrected chi connectivity index (χ1v) is 9.46. The molecule has 27 heavy (non-hydrogen) atoms. The van der Waals surface area contributed by atoms with Gasteiger partial charge in [-0.1, -0.05) is 12.2 Å². The lowest BCUT2D eigenvalue weighted by atomic mass is 9.67. The second-order valence-corrected chi connectivity index (χ2v) is 7.75. The summed E-state index contributed by atoms with van der Waals surface area (Å²) in [6, 6.07) is 2.28. The maximum absolute atomic E-state index is 12.5. The van der Waals surface area contributed by atoms with Crippen molar-refractivity contribution in [3.8, 4) is 6.07 Å². The number of carbonyl (C=O) groups excluding carboxylic acids is 1. The molecule has 0 heterocycles. The van der Waals surface area contributed by atoms with Crippen molar-refractivity contribution in [2.45, 2.75) is 37.9 Å². The molecule has 0 aliphatic heterocycles. The number of carbonyl (C=O) groups is 1.